The van der Waals surface area contributed by atoms with Crippen LogP contribution in [0.4, 0.5) is 11.4 Å². The summed E-state index contributed by atoms with van der Waals surface area (Å²) in [5.41, 5.74) is 0.924. The van der Waals surface area contributed by atoms with Gasteiger partial charge >= 0.3 is 0 Å². The second-order valence-corrected chi connectivity index (χ2v) is 10.7. The van der Waals surface area contributed by atoms with Crippen molar-refractivity contribution in [2.75, 3.05) is 23.4 Å². The van der Waals surface area contributed by atoms with E-state index in [1.54, 1.807) is 71.3 Å². The number of hydrogen-bond acceptors (Lipinski definition) is 5. The number of carbonyl (C=O) groups excluding carboxylic acids is 3. The molecule has 2 aliphatic rings. The summed E-state index contributed by atoms with van der Waals surface area (Å²) in [4.78, 5) is 42.8. The molecule has 3 aromatic rings. The number of benzene rings is 3. The maximum absolute atomic E-state index is 13.9. The molecule has 0 unspecified atom stereocenters. The zero-order valence-electron chi connectivity index (χ0n) is 23.1. The van der Waals surface area contributed by atoms with Crippen molar-refractivity contribution in [3.8, 4) is 0 Å². The lowest BCUT2D eigenvalue weighted by Gasteiger charge is -2.28. The molecule has 0 radical (unpaired) electrons. The lowest BCUT2D eigenvalue weighted by molar-refractivity contribution is -0.139. The molecular weight excluding hydrogens is 518 g/mol. The number of anilines is 2. The number of nitrogens with one attached hydrogen (secondary N) is 1. The molecule has 0 bridgehead atoms. The first kappa shape index (κ1) is 28.3. The highest BCUT2D eigenvalue weighted by atomic mass is 16.3. The first-order valence-electron chi connectivity index (χ1n) is 14.0. The first-order chi connectivity index (χ1) is 19.8. The fraction of sp³-hybridized carbons (Fsp3) is 0.303. The third-order valence-electron chi connectivity index (χ3n) is 8.03. The Morgan fingerprint density at radius 1 is 1.07 bits per heavy atom. The van der Waals surface area contributed by atoms with E-state index in [1.807, 2.05) is 36.4 Å². The summed E-state index contributed by atoms with van der Waals surface area (Å²) in [5.74, 6) is -1.53. The van der Waals surface area contributed by atoms with E-state index in [2.05, 4.69) is 5.32 Å². The van der Waals surface area contributed by atoms with E-state index >= 15 is 0 Å². The maximum Gasteiger partial charge on any atom is 0.264 e. The van der Waals surface area contributed by atoms with Gasteiger partial charge in [-0.05, 0) is 48.7 Å². The minimum absolute atomic E-state index is 0.0582. The Hall–Kier alpha value is -4.27. The van der Waals surface area contributed by atoms with Crippen LogP contribution in [0.2, 0.25) is 0 Å². The number of carbonyl (C=O) groups is 3. The van der Waals surface area contributed by atoms with Gasteiger partial charge in [-0.1, -0.05) is 67.6 Å². The summed E-state index contributed by atoms with van der Waals surface area (Å²) in [7, 11) is 0. The topological polar surface area (TPSA) is 110 Å². The van der Waals surface area contributed by atoms with Crippen molar-refractivity contribution in [3.05, 3.63) is 108 Å². The molecule has 0 spiro atoms. The van der Waals surface area contributed by atoms with Gasteiger partial charge in [-0.3, -0.25) is 14.4 Å². The lowest BCUT2D eigenvalue weighted by Crippen LogP contribution is -2.44. The van der Waals surface area contributed by atoms with Crippen LogP contribution in [-0.2, 0) is 21.7 Å². The van der Waals surface area contributed by atoms with Gasteiger partial charge in [-0.2, -0.15) is 0 Å². The Balaban J connectivity index is 1.42. The van der Waals surface area contributed by atoms with Crippen molar-refractivity contribution >= 4 is 29.1 Å². The second kappa shape index (κ2) is 12.1. The summed E-state index contributed by atoms with van der Waals surface area (Å²) < 4.78 is 0. The molecule has 3 N–H and O–H groups in total. The van der Waals surface area contributed by atoms with Crippen LogP contribution in [0.15, 0.2) is 91.0 Å². The number of amides is 3. The lowest BCUT2D eigenvalue weighted by atomic mass is 9.82. The van der Waals surface area contributed by atoms with Gasteiger partial charge in [0, 0.05) is 35.7 Å². The van der Waals surface area contributed by atoms with E-state index in [1.165, 1.54) is 0 Å². The van der Waals surface area contributed by atoms with E-state index < -0.39 is 17.4 Å². The third kappa shape index (κ3) is 5.66. The van der Waals surface area contributed by atoms with Gasteiger partial charge in [0.15, 0.2) is 5.60 Å². The summed E-state index contributed by atoms with van der Waals surface area (Å²) in [5, 5.41) is 24.5. The molecule has 3 aromatic carbocycles. The fourth-order valence-corrected chi connectivity index (χ4v) is 5.72. The van der Waals surface area contributed by atoms with Crippen LogP contribution in [0.3, 0.4) is 0 Å². The standard InChI is InChI=1S/C33H35N3O5/c1-23(10-8-16-30(38)35-19-9-15-27(35)22-37)33(41)28-20-26(34-31(39)25-13-6-3-7-14-25)17-18-29(28)36(32(33)40)21-24-11-4-2-5-12-24/h2-8,10-14,17-18,20,23,27,37,41H,9,15-16,19,21-22H2,1H3,(H,34,39)/b10-8+/t23-,27-,33+/m0/s1. The highest BCUT2D eigenvalue weighted by Gasteiger charge is 2.52. The Bertz CT molecular complexity index is 1440. The highest BCUT2D eigenvalue weighted by Crippen LogP contribution is 2.47. The van der Waals surface area contributed by atoms with E-state index in [0.717, 1.165) is 18.4 Å². The van der Waals surface area contributed by atoms with Gasteiger partial charge in [-0.15, -0.1) is 0 Å². The second-order valence-electron chi connectivity index (χ2n) is 10.7. The predicted molar refractivity (Wildman–Crippen MR) is 157 cm³/mol. The molecule has 3 amide bonds. The summed E-state index contributed by atoms with van der Waals surface area (Å²) in [6, 6.07) is 23.3. The number of likely N-dealkylation sites (tertiary alicyclic amines) is 1. The summed E-state index contributed by atoms with van der Waals surface area (Å²) in [6.45, 7) is 2.58. The average Bonchev–Trinajstić information content (AvgIpc) is 3.56. The van der Waals surface area contributed by atoms with Crippen molar-refractivity contribution < 1.29 is 24.6 Å². The SMILES string of the molecule is C[C@@H](/C=C/CC(=O)N1CCC[C@H]1CO)[C@]1(O)C(=O)N(Cc2ccccc2)c2ccc(NC(=O)c3ccccc3)cc21. The Morgan fingerprint density at radius 3 is 2.49 bits per heavy atom. The highest BCUT2D eigenvalue weighted by molar-refractivity contribution is 6.09. The van der Waals surface area contributed by atoms with Crippen molar-refractivity contribution in [2.24, 2.45) is 5.92 Å². The number of rotatable bonds is 9. The Kier molecular flexibility index (Phi) is 8.33. The van der Waals surface area contributed by atoms with Gasteiger partial charge in [0.2, 0.25) is 5.91 Å². The van der Waals surface area contributed by atoms with Crippen LogP contribution in [0, 0.1) is 5.92 Å². The molecule has 1 fully saturated rings. The quantitative estimate of drug-likeness (QED) is 0.344. The van der Waals surface area contributed by atoms with Gasteiger partial charge in [0.1, 0.15) is 0 Å². The molecule has 0 aromatic heterocycles. The van der Waals surface area contributed by atoms with Crippen LogP contribution in [0.25, 0.3) is 0 Å². The molecule has 1 saturated heterocycles. The van der Waals surface area contributed by atoms with Gasteiger partial charge in [0.05, 0.1) is 24.9 Å². The molecule has 8 heteroatoms. The van der Waals surface area contributed by atoms with E-state index in [9.17, 15) is 24.6 Å². The van der Waals surface area contributed by atoms with E-state index in [4.69, 9.17) is 0 Å². The zero-order valence-corrected chi connectivity index (χ0v) is 23.1. The molecule has 2 heterocycles. The Labute approximate surface area is 239 Å². The van der Waals surface area contributed by atoms with Crippen LogP contribution in [0.1, 0.15) is 47.7 Å². The molecule has 5 rings (SSSR count). The van der Waals surface area contributed by atoms with Crippen molar-refractivity contribution in [1.29, 1.82) is 0 Å². The van der Waals surface area contributed by atoms with Crippen molar-refractivity contribution in [1.82, 2.24) is 4.90 Å². The van der Waals surface area contributed by atoms with Gasteiger partial charge in [0.25, 0.3) is 11.8 Å². The smallest absolute Gasteiger partial charge is 0.264 e. The van der Waals surface area contributed by atoms with Crippen molar-refractivity contribution in [2.45, 2.75) is 44.4 Å². The van der Waals surface area contributed by atoms with Gasteiger partial charge in [-0.25, -0.2) is 0 Å². The monoisotopic (exact) mass is 553 g/mol. The predicted octanol–water partition coefficient (Wildman–Crippen LogP) is 4.24. The Morgan fingerprint density at radius 2 is 1.78 bits per heavy atom. The van der Waals surface area contributed by atoms with Crippen LogP contribution in [0.5, 0.6) is 0 Å². The molecule has 8 nitrogen and oxygen atoms in total. The fourth-order valence-electron chi connectivity index (χ4n) is 5.72. The van der Waals surface area contributed by atoms with Crippen LogP contribution < -0.4 is 10.2 Å². The normalized spacial score (nSPS) is 20.9. The minimum atomic E-state index is -1.90. The maximum atomic E-state index is 13.9. The molecule has 41 heavy (non-hydrogen) atoms. The van der Waals surface area contributed by atoms with Gasteiger partial charge < -0.3 is 25.3 Å². The third-order valence-corrected chi connectivity index (χ3v) is 8.03. The zero-order chi connectivity index (χ0) is 29.0. The molecule has 2 aliphatic heterocycles. The summed E-state index contributed by atoms with van der Waals surface area (Å²) in [6.07, 6.45) is 5.14. The van der Waals surface area contributed by atoms with Crippen LogP contribution in [-0.4, -0.2) is 52.0 Å². The van der Waals surface area contributed by atoms with E-state index in [0.29, 0.717) is 29.0 Å². The minimum Gasteiger partial charge on any atom is -0.394 e. The molecule has 3 atom stereocenters. The van der Waals surface area contributed by atoms with E-state index in [-0.39, 0.29) is 37.4 Å². The number of fused-ring (bicyclic) bond motifs is 1. The number of aliphatic hydroxyl groups is 2. The molecule has 212 valence electrons. The largest absolute Gasteiger partial charge is 0.394 e. The molecule has 0 saturated carbocycles. The number of hydrogen-bond donors (Lipinski definition) is 3. The molecule has 0 aliphatic carbocycles. The number of nitrogens with zero attached hydrogens (tertiary/aromatic N) is 2. The molecular formula is C33H35N3O5. The van der Waals surface area contributed by atoms with Crippen LogP contribution >= 0.6 is 0 Å². The number of aliphatic hydroxyl groups excluding tert-OH is 1. The first-order valence-corrected chi connectivity index (χ1v) is 14.0. The average molecular weight is 554 g/mol. The summed E-state index contributed by atoms with van der Waals surface area (Å²) >= 11 is 0. The van der Waals surface area contributed by atoms with Crippen molar-refractivity contribution in [3.63, 3.8) is 0 Å².